The van der Waals surface area contributed by atoms with Crippen LogP contribution in [0.4, 0.5) is 0 Å². The quantitative estimate of drug-likeness (QED) is 0.759. The molecule has 0 heterocycles. The summed E-state index contributed by atoms with van der Waals surface area (Å²) in [6, 6.07) is 0. The van der Waals surface area contributed by atoms with Gasteiger partial charge in [-0.25, -0.2) is 0 Å². The van der Waals surface area contributed by atoms with E-state index in [1.165, 1.54) is 0 Å². The first-order chi connectivity index (χ1) is 8.58. The maximum absolute atomic E-state index is 12.0. The predicted octanol–water partition coefficient (Wildman–Crippen LogP) is 2.33. The maximum Gasteiger partial charge on any atom is 0.137 e. The van der Waals surface area contributed by atoms with Crippen LogP contribution in [0.15, 0.2) is 0 Å². The molecule has 0 aromatic carbocycles. The second kappa shape index (κ2) is 7.90. The number of carbonyl (C=O) groups excluding carboxylic acids is 1. The largest absolute Gasteiger partial charge is 0.395 e. The molecule has 0 radical (unpaired) electrons. The van der Waals surface area contributed by atoms with Crippen LogP contribution in [0, 0.1) is 17.8 Å². The van der Waals surface area contributed by atoms with Gasteiger partial charge in [0.05, 0.1) is 6.61 Å². The lowest BCUT2D eigenvalue weighted by Crippen LogP contribution is -2.39. The highest BCUT2D eigenvalue weighted by atomic mass is 16.3. The van der Waals surface area contributed by atoms with E-state index in [4.69, 9.17) is 5.11 Å². The van der Waals surface area contributed by atoms with Crippen LogP contribution >= 0.6 is 0 Å². The van der Waals surface area contributed by atoms with E-state index in [1.54, 1.807) is 0 Å². The molecule has 1 saturated carbocycles. The van der Waals surface area contributed by atoms with Gasteiger partial charge in [-0.2, -0.15) is 0 Å². The summed E-state index contributed by atoms with van der Waals surface area (Å²) < 4.78 is 0. The Kier molecular flexibility index (Phi) is 6.87. The molecule has 0 aliphatic heterocycles. The molecule has 18 heavy (non-hydrogen) atoms. The predicted molar refractivity (Wildman–Crippen MR) is 74.5 cm³/mol. The molecule has 0 saturated heterocycles. The molecule has 2 atom stereocenters. The number of hydrogen-bond acceptors (Lipinski definition) is 3. The number of ketones is 1. The number of hydrogen-bond donors (Lipinski definition) is 1. The van der Waals surface area contributed by atoms with E-state index in [0.29, 0.717) is 24.2 Å². The van der Waals surface area contributed by atoms with Crippen molar-refractivity contribution in [1.29, 1.82) is 0 Å². The summed E-state index contributed by atoms with van der Waals surface area (Å²) in [5.41, 5.74) is 0. The summed E-state index contributed by atoms with van der Waals surface area (Å²) in [4.78, 5) is 14.3. The van der Waals surface area contributed by atoms with Gasteiger partial charge in [-0.3, -0.25) is 4.79 Å². The first-order valence-electron chi connectivity index (χ1n) is 7.44. The topological polar surface area (TPSA) is 40.5 Å². The number of aliphatic hydroxyl groups excluding tert-OH is 1. The van der Waals surface area contributed by atoms with E-state index in [2.05, 4.69) is 25.7 Å². The molecule has 1 fully saturated rings. The molecule has 0 bridgehead atoms. The van der Waals surface area contributed by atoms with E-state index in [-0.39, 0.29) is 12.5 Å². The molecule has 3 heteroatoms. The molecule has 106 valence electrons. The average Bonchev–Trinajstić information content (AvgIpc) is 2.32. The smallest absolute Gasteiger partial charge is 0.137 e. The Morgan fingerprint density at radius 2 is 2.11 bits per heavy atom. The van der Waals surface area contributed by atoms with Gasteiger partial charge >= 0.3 is 0 Å². The Labute approximate surface area is 112 Å². The van der Waals surface area contributed by atoms with E-state index in [9.17, 15) is 4.79 Å². The fraction of sp³-hybridized carbons (Fsp3) is 0.933. The van der Waals surface area contributed by atoms with Crippen molar-refractivity contribution in [3.8, 4) is 0 Å². The standard InChI is InChI=1S/C15H29NO2/c1-4-7-16(8-9-17)11-14-10-13(12(2)3)5-6-15(14)18/h12-14,17H,4-11H2,1-3H3. The van der Waals surface area contributed by atoms with Gasteiger partial charge in [0.2, 0.25) is 0 Å². The van der Waals surface area contributed by atoms with E-state index in [0.717, 1.165) is 38.8 Å². The fourth-order valence-corrected chi connectivity index (χ4v) is 2.99. The van der Waals surface area contributed by atoms with Gasteiger partial charge in [-0.05, 0) is 37.6 Å². The van der Waals surface area contributed by atoms with Gasteiger partial charge in [0.1, 0.15) is 5.78 Å². The Hall–Kier alpha value is -0.410. The normalized spacial score (nSPS) is 25.1. The van der Waals surface area contributed by atoms with Gasteiger partial charge in [0.15, 0.2) is 0 Å². The number of rotatable bonds is 7. The minimum Gasteiger partial charge on any atom is -0.395 e. The molecule has 3 nitrogen and oxygen atoms in total. The first kappa shape index (κ1) is 15.6. The molecule has 0 aromatic rings. The molecular formula is C15H29NO2. The van der Waals surface area contributed by atoms with Gasteiger partial charge in [-0.15, -0.1) is 0 Å². The van der Waals surface area contributed by atoms with Crippen molar-refractivity contribution in [1.82, 2.24) is 4.90 Å². The highest BCUT2D eigenvalue weighted by Crippen LogP contribution is 2.32. The summed E-state index contributed by atoms with van der Waals surface area (Å²) in [5, 5.41) is 9.07. The second-order valence-corrected chi connectivity index (χ2v) is 5.97. The van der Waals surface area contributed by atoms with Crippen LogP contribution in [0.1, 0.15) is 46.5 Å². The molecular weight excluding hydrogens is 226 g/mol. The van der Waals surface area contributed by atoms with Gasteiger partial charge in [0, 0.05) is 25.4 Å². The van der Waals surface area contributed by atoms with Crippen molar-refractivity contribution in [2.75, 3.05) is 26.2 Å². The van der Waals surface area contributed by atoms with Crippen LogP contribution in [0.25, 0.3) is 0 Å². The van der Waals surface area contributed by atoms with Crippen molar-refractivity contribution in [2.45, 2.75) is 46.5 Å². The SMILES string of the molecule is CCCN(CCO)CC1CC(C(C)C)CCC1=O. The van der Waals surface area contributed by atoms with Crippen LogP contribution in [0.2, 0.25) is 0 Å². The number of carbonyl (C=O) groups is 1. The highest BCUT2D eigenvalue weighted by molar-refractivity contribution is 5.82. The average molecular weight is 255 g/mol. The summed E-state index contributed by atoms with van der Waals surface area (Å²) in [7, 11) is 0. The number of nitrogens with zero attached hydrogens (tertiary/aromatic N) is 1. The van der Waals surface area contributed by atoms with Crippen LogP contribution in [0.3, 0.4) is 0 Å². The first-order valence-corrected chi connectivity index (χ1v) is 7.44. The Bertz CT molecular complexity index is 247. The Balaban J connectivity index is 2.53. The maximum atomic E-state index is 12.0. The molecule has 1 aliphatic carbocycles. The molecule has 1 N–H and O–H groups in total. The summed E-state index contributed by atoms with van der Waals surface area (Å²) in [6.07, 6.45) is 3.95. The minimum atomic E-state index is 0.189. The van der Waals surface area contributed by atoms with Crippen molar-refractivity contribution >= 4 is 5.78 Å². The van der Waals surface area contributed by atoms with Gasteiger partial charge in [-0.1, -0.05) is 20.8 Å². The molecule has 0 amide bonds. The second-order valence-electron chi connectivity index (χ2n) is 5.97. The fourth-order valence-electron chi connectivity index (χ4n) is 2.99. The zero-order valence-electron chi connectivity index (χ0n) is 12.2. The zero-order chi connectivity index (χ0) is 13.5. The highest BCUT2D eigenvalue weighted by Gasteiger charge is 2.31. The molecule has 2 unspecified atom stereocenters. The minimum absolute atomic E-state index is 0.189. The molecule has 0 aromatic heterocycles. The van der Waals surface area contributed by atoms with Crippen molar-refractivity contribution in [2.24, 2.45) is 17.8 Å². The summed E-state index contributed by atoms with van der Waals surface area (Å²) >= 11 is 0. The number of aliphatic hydroxyl groups is 1. The Morgan fingerprint density at radius 1 is 1.39 bits per heavy atom. The molecule has 1 rings (SSSR count). The van der Waals surface area contributed by atoms with E-state index in [1.807, 2.05) is 0 Å². The van der Waals surface area contributed by atoms with Gasteiger partial charge in [0.25, 0.3) is 0 Å². The third-order valence-corrected chi connectivity index (χ3v) is 4.18. The Morgan fingerprint density at radius 3 is 2.67 bits per heavy atom. The monoisotopic (exact) mass is 255 g/mol. The third kappa shape index (κ3) is 4.69. The van der Waals surface area contributed by atoms with Crippen molar-refractivity contribution in [3.05, 3.63) is 0 Å². The molecule has 0 spiro atoms. The third-order valence-electron chi connectivity index (χ3n) is 4.18. The van der Waals surface area contributed by atoms with E-state index < -0.39 is 0 Å². The van der Waals surface area contributed by atoms with Crippen molar-refractivity contribution in [3.63, 3.8) is 0 Å². The zero-order valence-corrected chi connectivity index (χ0v) is 12.2. The molecule has 1 aliphatic rings. The van der Waals surface area contributed by atoms with Crippen LogP contribution in [0.5, 0.6) is 0 Å². The number of Topliss-reactive ketones (excluding diaryl/α,β-unsaturated/α-hetero) is 1. The van der Waals surface area contributed by atoms with E-state index >= 15 is 0 Å². The summed E-state index contributed by atoms with van der Waals surface area (Å²) in [5.74, 6) is 2.01. The van der Waals surface area contributed by atoms with Crippen molar-refractivity contribution < 1.29 is 9.90 Å². The van der Waals surface area contributed by atoms with Crippen LogP contribution in [-0.2, 0) is 4.79 Å². The summed E-state index contributed by atoms with van der Waals surface area (Å²) in [6.45, 7) is 9.37. The lowest BCUT2D eigenvalue weighted by atomic mass is 9.75. The van der Waals surface area contributed by atoms with Crippen LogP contribution in [-0.4, -0.2) is 42.0 Å². The van der Waals surface area contributed by atoms with Gasteiger partial charge < -0.3 is 10.0 Å². The lowest BCUT2D eigenvalue weighted by molar-refractivity contribution is -0.126. The lowest BCUT2D eigenvalue weighted by Gasteiger charge is -2.33. The van der Waals surface area contributed by atoms with Crippen LogP contribution < -0.4 is 0 Å².